The molecule has 0 rings (SSSR count). The third-order valence-corrected chi connectivity index (χ3v) is 0. The molecule has 0 amide bonds. The molecule has 0 fully saturated rings. The van der Waals surface area contributed by atoms with Crippen LogP contribution in [0.1, 0.15) is 9.78 Å². The molecule has 0 saturated carbocycles. The monoisotopic (exact) mass is 404 g/mol. The Balaban J connectivity index is -0.00000000300. The first-order valence-electron chi connectivity index (χ1n) is 0.928. The molecule has 0 bridgehead atoms. The number of carbonyl (C=O) groups is 1. The van der Waals surface area contributed by atoms with E-state index in [0.717, 1.165) is 6.92 Å². The van der Waals surface area contributed by atoms with Crippen LogP contribution in [0.15, 0.2) is 0 Å². The van der Waals surface area contributed by atoms with Crippen LogP contribution in [0.3, 0.4) is 0 Å². The fourth-order valence-corrected chi connectivity index (χ4v) is 0. The SMILES string of the molecule is CC(=O)O.[H-].[H-].[Hf].[Mg+2].[Ti].[Zr]. The number of carboxylic acids is 1. The molecule has 0 aromatic heterocycles. The van der Waals surface area contributed by atoms with Crippen molar-refractivity contribution in [2.75, 3.05) is 0 Å². The summed E-state index contributed by atoms with van der Waals surface area (Å²) in [6.45, 7) is 1.08. The second kappa shape index (κ2) is 22.6. The molecule has 0 unspecified atom stereocenters. The van der Waals surface area contributed by atoms with Crippen molar-refractivity contribution in [3.63, 3.8) is 0 Å². The molecule has 0 aliphatic carbocycles. The van der Waals surface area contributed by atoms with E-state index in [1.807, 2.05) is 0 Å². The van der Waals surface area contributed by atoms with Gasteiger partial charge < -0.3 is 7.96 Å². The van der Waals surface area contributed by atoms with Gasteiger partial charge in [-0.15, -0.1) is 0 Å². The van der Waals surface area contributed by atoms with Gasteiger partial charge in [-0.25, -0.2) is 0 Å². The van der Waals surface area contributed by atoms with Gasteiger partial charge in [-0.1, -0.05) is 0 Å². The van der Waals surface area contributed by atoms with Gasteiger partial charge in [-0.3, -0.25) is 4.79 Å². The third-order valence-electron chi connectivity index (χ3n) is 0. The van der Waals surface area contributed by atoms with Gasteiger partial charge in [0.2, 0.25) is 0 Å². The quantitative estimate of drug-likeness (QED) is 0.575. The molecule has 6 heteroatoms. The molecule has 1 N–H and O–H groups in total. The normalized spacial score (nSPS) is 3.12. The van der Waals surface area contributed by atoms with Crippen molar-refractivity contribution < 1.29 is 86.5 Å². The molecule has 0 aliphatic rings. The van der Waals surface area contributed by atoms with E-state index < -0.39 is 5.97 Å². The standard InChI is InChI=1S/C2H4O2.Hf.Mg.Ti.Zr.2H/c1-2(3)4;;;;;;/h1H3,(H,3,4);;;;;;/q;;+2;;;2*-1. The maximum absolute atomic E-state index is 9.00. The summed E-state index contributed by atoms with van der Waals surface area (Å²) in [5.41, 5.74) is 0. The van der Waals surface area contributed by atoms with E-state index in [-0.39, 0.29) is 99.7 Å². The molecule has 0 spiro atoms. The molecule has 0 atom stereocenters. The summed E-state index contributed by atoms with van der Waals surface area (Å²) < 4.78 is 0. The van der Waals surface area contributed by atoms with Crippen LogP contribution in [0, 0.1) is 0 Å². The Morgan fingerprint density at radius 2 is 1.62 bits per heavy atom. The zero-order chi connectivity index (χ0) is 3.58. The molecule has 0 aliphatic heterocycles. The molecule has 0 radical (unpaired) electrons. The maximum atomic E-state index is 9.00. The summed E-state index contributed by atoms with van der Waals surface area (Å²) in [4.78, 5) is 9.00. The van der Waals surface area contributed by atoms with E-state index in [9.17, 15) is 0 Å². The summed E-state index contributed by atoms with van der Waals surface area (Å²) in [7, 11) is 0. The van der Waals surface area contributed by atoms with Crippen molar-refractivity contribution in [2.45, 2.75) is 6.92 Å². The zero-order valence-electron chi connectivity index (χ0n) is 6.56. The molecule has 8 heavy (non-hydrogen) atoms. The van der Waals surface area contributed by atoms with E-state index in [0.29, 0.717) is 0 Å². The van der Waals surface area contributed by atoms with Crippen LogP contribution in [-0.2, 0) is 78.6 Å². The Labute approximate surface area is 120 Å². The third kappa shape index (κ3) is 70.7. The fourth-order valence-electron chi connectivity index (χ4n) is 0. The van der Waals surface area contributed by atoms with Crippen LogP contribution in [0.25, 0.3) is 0 Å². The molecule has 0 aromatic rings. The topological polar surface area (TPSA) is 37.3 Å². The van der Waals surface area contributed by atoms with Crippen LogP contribution in [0.5, 0.6) is 0 Å². The smallest absolute Gasteiger partial charge is 1.00 e. The van der Waals surface area contributed by atoms with Crippen molar-refractivity contribution in [3.05, 3.63) is 0 Å². The number of carboxylic acid groups (broad SMARTS) is 1. The minimum absolute atomic E-state index is 0. The minimum atomic E-state index is -0.833. The number of hydrogen-bond donors (Lipinski definition) is 1. The second-order valence-corrected chi connectivity index (χ2v) is 0.519. The molecule has 0 saturated heterocycles. The van der Waals surface area contributed by atoms with Crippen molar-refractivity contribution in [1.82, 2.24) is 0 Å². The predicted molar refractivity (Wildman–Crippen MR) is 21.3 cm³/mol. The van der Waals surface area contributed by atoms with Crippen LogP contribution < -0.4 is 0 Å². The summed E-state index contributed by atoms with van der Waals surface area (Å²) >= 11 is 0. The van der Waals surface area contributed by atoms with Crippen molar-refractivity contribution in [1.29, 1.82) is 0 Å². The van der Waals surface area contributed by atoms with Gasteiger partial charge in [0.1, 0.15) is 0 Å². The molecular formula is C2H6HfMgO2TiZr. The van der Waals surface area contributed by atoms with Gasteiger partial charge in [0.05, 0.1) is 0 Å². The average molecular weight is 404 g/mol. The van der Waals surface area contributed by atoms with Crippen LogP contribution in [-0.4, -0.2) is 34.1 Å². The van der Waals surface area contributed by atoms with Gasteiger partial charge in [0.25, 0.3) is 5.97 Å². The summed E-state index contributed by atoms with van der Waals surface area (Å²) in [6, 6.07) is 0. The van der Waals surface area contributed by atoms with Gasteiger partial charge in [-0.05, 0) is 0 Å². The predicted octanol–water partition coefficient (Wildman–Crippen LogP) is -0.0724. The molecule has 2 nitrogen and oxygen atoms in total. The average Bonchev–Trinajstić information content (AvgIpc) is 0.811. The Morgan fingerprint density at radius 3 is 1.62 bits per heavy atom. The number of rotatable bonds is 0. The maximum Gasteiger partial charge on any atom is 2.00 e. The minimum Gasteiger partial charge on any atom is -1.00 e. The molecule has 0 aromatic carbocycles. The fraction of sp³-hybridized carbons (Fsp3) is 0.500. The molecule has 0 heterocycles. The summed E-state index contributed by atoms with van der Waals surface area (Å²) in [5, 5.41) is 7.42. The van der Waals surface area contributed by atoms with Crippen LogP contribution >= 0.6 is 0 Å². The number of hydrogen-bond acceptors (Lipinski definition) is 1. The van der Waals surface area contributed by atoms with Crippen molar-refractivity contribution in [3.8, 4) is 0 Å². The van der Waals surface area contributed by atoms with E-state index in [1.54, 1.807) is 0 Å². The zero-order valence-corrected chi connectivity index (χ0v) is 13.6. The molecule has 40 valence electrons. The summed E-state index contributed by atoms with van der Waals surface area (Å²) in [5.74, 6) is -0.833. The van der Waals surface area contributed by atoms with Gasteiger partial charge in [0.15, 0.2) is 0 Å². The van der Waals surface area contributed by atoms with Gasteiger partial charge in [-0.2, -0.15) is 0 Å². The van der Waals surface area contributed by atoms with Crippen LogP contribution in [0.2, 0.25) is 0 Å². The molecular weight excluding hydrogens is 398 g/mol. The first-order chi connectivity index (χ1) is 1.73. The summed E-state index contributed by atoms with van der Waals surface area (Å²) in [6.07, 6.45) is 0. The van der Waals surface area contributed by atoms with E-state index in [1.165, 1.54) is 0 Å². The Morgan fingerprint density at radius 1 is 1.62 bits per heavy atom. The van der Waals surface area contributed by atoms with E-state index >= 15 is 0 Å². The second-order valence-electron chi connectivity index (χ2n) is 0.519. The Hall–Kier alpha value is 2.70. The largest absolute Gasteiger partial charge is 2.00 e. The van der Waals surface area contributed by atoms with E-state index in [2.05, 4.69) is 0 Å². The van der Waals surface area contributed by atoms with Crippen LogP contribution in [0.4, 0.5) is 0 Å². The van der Waals surface area contributed by atoms with Crippen molar-refractivity contribution in [2.24, 2.45) is 0 Å². The van der Waals surface area contributed by atoms with Gasteiger partial charge in [0, 0.05) is 80.7 Å². The van der Waals surface area contributed by atoms with E-state index in [4.69, 9.17) is 9.90 Å². The first-order valence-corrected chi connectivity index (χ1v) is 0.928. The van der Waals surface area contributed by atoms with Crippen molar-refractivity contribution >= 4 is 29.0 Å². The number of aliphatic carboxylic acids is 1. The Bertz CT molecular complexity index is 50.2. The Kier molecular flexibility index (Phi) is 87.5. The van der Waals surface area contributed by atoms with Gasteiger partial charge >= 0.3 is 23.1 Å². The first kappa shape index (κ1) is 31.0.